The van der Waals surface area contributed by atoms with Crippen LogP contribution in [0.4, 0.5) is 9.52 Å². The van der Waals surface area contributed by atoms with Crippen molar-refractivity contribution in [2.24, 2.45) is 0 Å². The Morgan fingerprint density at radius 3 is 2.47 bits per heavy atom. The minimum absolute atomic E-state index is 0.0911. The van der Waals surface area contributed by atoms with Crippen molar-refractivity contribution in [2.45, 2.75) is 13.0 Å². The molecule has 4 rings (SSSR count). The van der Waals surface area contributed by atoms with Crippen LogP contribution < -0.4 is 4.90 Å². The molecule has 0 radical (unpaired) electrons. The molecule has 0 bridgehead atoms. The fraction of sp³-hybridized carbons (Fsp3) is 0.0909. The Bertz CT molecular complexity index is 1170. The molecule has 8 heteroatoms. The summed E-state index contributed by atoms with van der Waals surface area (Å²) in [5.41, 5.74) is 1.18. The molecule has 1 aromatic heterocycles. The van der Waals surface area contributed by atoms with E-state index in [1.54, 1.807) is 13.0 Å². The van der Waals surface area contributed by atoms with Gasteiger partial charge in [-0.05, 0) is 36.3 Å². The van der Waals surface area contributed by atoms with Crippen LogP contribution in [0.1, 0.15) is 22.2 Å². The SMILES string of the molecule is Cc1nnc(N2C(=O)C(O)=C(C(=O)C=Cc3ccccc3)C2c2ccc(F)cc2)s1. The van der Waals surface area contributed by atoms with Crippen molar-refractivity contribution in [3.05, 3.63) is 94.0 Å². The zero-order chi connectivity index (χ0) is 21.3. The quantitative estimate of drug-likeness (QED) is 0.625. The van der Waals surface area contributed by atoms with Gasteiger partial charge in [-0.1, -0.05) is 59.9 Å². The van der Waals surface area contributed by atoms with Gasteiger partial charge in [0.1, 0.15) is 10.8 Å². The molecule has 150 valence electrons. The van der Waals surface area contributed by atoms with Crippen LogP contribution in [0, 0.1) is 12.7 Å². The lowest BCUT2D eigenvalue weighted by Gasteiger charge is -2.23. The Balaban J connectivity index is 1.78. The molecule has 0 aliphatic carbocycles. The summed E-state index contributed by atoms with van der Waals surface area (Å²) in [6.45, 7) is 1.73. The lowest BCUT2D eigenvalue weighted by molar-refractivity contribution is -0.117. The first-order valence-corrected chi connectivity index (χ1v) is 9.87. The molecule has 0 saturated heterocycles. The fourth-order valence-corrected chi connectivity index (χ4v) is 3.94. The van der Waals surface area contributed by atoms with Crippen LogP contribution in [-0.4, -0.2) is 27.0 Å². The Labute approximate surface area is 175 Å². The third-order valence-electron chi connectivity index (χ3n) is 4.61. The number of aryl methyl sites for hydroxylation is 1. The summed E-state index contributed by atoms with van der Waals surface area (Å²) in [6.07, 6.45) is 2.91. The summed E-state index contributed by atoms with van der Waals surface area (Å²) in [6, 6.07) is 13.6. The van der Waals surface area contributed by atoms with E-state index in [4.69, 9.17) is 0 Å². The highest BCUT2D eigenvalue weighted by molar-refractivity contribution is 7.15. The largest absolute Gasteiger partial charge is 0.503 e. The molecule has 0 spiro atoms. The van der Waals surface area contributed by atoms with E-state index in [0.29, 0.717) is 10.6 Å². The number of hydrogen-bond acceptors (Lipinski definition) is 6. The monoisotopic (exact) mass is 421 g/mol. The van der Waals surface area contributed by atoms with E-state index in [9.17, 15) is 19.1 Å². The Hall–Kier alpha value is -3.65. The fourth-order valence-electron chi connectivity index (χ4n) is 3.22. The number of allylic oxidation sites excluding steroid dienone is 1. The standard InChI is InChI=1S/C22H16FN3O3S/c1-13-24-25-22(30-13)26-19(15-8-10-16(23)11-9-15)18(20(28)21(26)29)17(27)12-7-14-5-3-2-4-6-14/h2-12,19,28H,1H3. The van der Waals surface area contributed by atoms with Gasteiger partial charge in [0.05, 0.1) is 11.6 Å². The molecule has 2 heterocycles. The van der Waals surface area contributed by atoms with Gasteiger partial charge in [-0.2, -0.15) is 0 Å². The number of nitrogens with zero attached hydrogens (tertiary/aromatic N) is 3. The second-order valence-corrected chi connectivity index (χ2v) is 7.76. The van der Waals surface area contributed by atoms with Crippen molar-refractivity contribution in [3.63, 3.8) is 0 Å². The van der Waals surface area contributed by atoms with Gasteiger partial charge in [0.25, 0.3) is 5.91 Å². The number of halogens is 1. The molecule has 1 aliphatic rings. The second-order valence-electron chi connectivity index (χ2n) is 6.60. The number of carbonyl (C=O) groups excluding carboxylic acids is 2. The number of hydrogen-bond donors (Lipinski definition) is 1. The number of amides is 1. The Morgan fingerprint density at radius 1 is 1.13 bits per heavy atom. The summed E-state index contributed by atoms with van der Waals surface area (Å²) >= 11 is 1.16. The van der Waals surface area contributed by atoms with Crippen LogP contribution in [0.2, 0.25) is 0 Å². The summed E-state index contributed by atoms with van der Waals surface area (Å²) in [5, 5.41) is 19.4. The van der Waals surface area contributed by atoms with Crippen LogP contribution in [0.15, 0.2) is 72.0 Å². The highest BCUT2D eigenvalue weighted by atomic mass is 32.1. The summed E-state index contributed by atoms with van der Waals surface area (Å²) in [7, 11) is 0. The van der Waals surface area contributed by atoms with Crippen LogP contribution in [0.3, 0.4) is 0 Å². The summed E-state index contributed by atoms with van der Waals surface area (Å²) < 4.78 is 13.5. The van der Waals surface area contributed by atoms with Crippen LogP contribution >= 0.6 is 11.3 Å². The van der Waals surface area contributed by atoms with E-state index in [1.165, 1.54) is 35.2 Å². The molecular formula is C22H16FN3O3S. The zero-order valence-corrected chi connectivity index (χ0v) is 16.6. The first-order chi connectivity index (χ1) is 14.5. The average Bonchev–Trinajstić information content (AvgIpc) is 3.28. The summed E-state index contributed by atoms with van der Waals surface area (Å²) in [5.74, 6) is -2.38. The maximum Gasteiger partial charge on any atom is 0.296 e. The maximum absolute atomic E-state index is 13.5. The number of aliphatic hydroxyl groups is 1. The van der Waals surface area contributed by atoms with Gasteiger partial charge in [0, 0.05) is 0 Å². The highest BCUT2D eigenvalue weighted by Gasteiger charge is 2.45. The van der Waals surface area contributed by atoms with Crippen LogP contribution in [0.5, 0.6) is 0 Å². The molecule has 2 aromatic carbocycles. The molecule has 1 atom stereocenters. The number of aliphatic hydroxyl groups excluding tert-OH is 1. The molecular weight excluding hydrogens is 405 g/mol. The first-order valence-electron chi connectivity index (χ1n) is 9.05. The van der Waals surface area contributed by atoms with Gasteiger partial charge in [-0.15, -0.1) is 10.2 Å². The van der Waals surface area contributed by atoms with E-state index in [2.05, 4.69) is 10.2 Å². The Kier molecular flexibility index (Phi) is 5.24. The van der Waals surface area contributed by atoms with Crippen molar-refractivity contribution in [1.29, 1.82) is 0 Å². The maximum atomic E-state index is 13.5. The van der Waals surface area contributed by atoms with E-state index in [0.717, 1.165) is 16.9 Å². The lowest BCUT2D eigenvalue weighted by atomic mass is 9.96. The topological polar surface area (TPSA) is 83.4 Å². The van der Waals surface area contributed by atoms with Crippen molar-refractivity contribution in [1.82, 2.24) is 10.2 Å². The van der Waals surface area contributed by atoms with Gasteiger partial charge in [0.2, 0.25) is 5.13 Å². The number of benzene rings is 2. The van der Waals surface area contributed by atoms with Crippen LogP contribution in [-0.2, 0) is 9.59 Å². The Morgan fingerprint density at radius 2 is 1.83 bits per heavy atom. The molecule has 1 unspecified atom stereocenters. The zero-order valence-electron chi connectivity index (χ0n) is 15.8. The highest BCUT2D eigenvalue weighted by Crippen LogP contribution is 2.42. The smallest absolute Gasteiger partial charge is 0.296 e. The number of aromatic nitrogens is 2. The van der Waals surface area contributed by atoms with Crippen LogP contribution in [0.25, 0.3) is 6.08 Å². The molecule has 1 amide bonds. The van der Waals surface area contributed by atoms with Crippen molar-refractivity contribution in [2.75, 3.05) is 4.90 Å². The number of carbonyl (C=O) groups is 2. The third kappa shape index (κ3) is 3.65. The van der Waals surface area contributed by atoms with Gasteiger partial charge < -0.3 is 5.11 Å². The summed E-state index contributed by atoms with van der Waals surface area (Å²) in [4.78, 5) is 27.1. The van der Waals surface area contributed by atoms with Crippen molar-refractivity contribution >= 4 is 34.2 Å². The average molecular weight is 421 g/mol. The second kappa shape index (κ2) is 8.00. The lowest BCUT2D eigenvalue weighted by Crippen LogP contribution is -2.30. The third-order valence-corrected chi connectivity index (χ3v) is 5.45. The predicted molar refractivity (Wildman–Crippen MR) is 111 cm³/mol. The van der Waals surface area contributed by atoms with E-state index in [-0.39, 0.29) is 10.7 Å². The first kappa shape index (κ1) is 19.7. The van der Waals surface area contributed by atoms with Crippen molar-refractivity contribution in [3.8, 4) is 0 Å². The molecule has 0 fully saturated rings. The van der Waals surface area contributed by atoms with Gasteiger partial charge in [-0.25, -0.2) is 4.39 Å². The molecule has 30 heavy (non-hydrogen) atoms. The molecule has 0 saturated carbocycles. The minimum Gasteiger partial charge on any atom is -0.503 e. The molecule has 1 N–H and O–H groups in total. The number of rotatable bonds is 5. The van der Waals surface area contributed by atoms with E-state index < -0.39 is 29.3 Å². The van der Waals surface area contributed by atoms with Gasteiger partial charge in [-0.3, -0.25) is 14.5 Å². The van der Waals surface area contributed by atoms with Gasteiger partial charge in [0.15, 0.2) is 11.5 Å². The van der Waals surface area contributed by atoms with Crippen molar-refractivity contribution < 1.29 is 19.1 Å². The van der Waals surface area contributed by atoms with E-state index in [1.807, 2.05) is 30.3 Å². The molecule has 6 nitrogen and oxygen atoms in total. The van der Waals surface area contributed by atoms with Gasteiger partial charge >= 0.3 is 0 Å². The number of anilines is 1. The number of ketones is 1. The minimum atomic E-state index is -0.946. The normalized spacial score (nSPS) is 16.7. The molecule has 3 aromatic rings. The molecule has 1 aliphatic heterocycles. The predicted octanol–water partition coefficient (Wildman–Crippen LogP) is 4.17. The van der Waals surface area contributed by atoms with E-state index >= 15 is 0 Å².